The predicted molar refractivity (Wildman–Crippen MR) is 81.2 cm³/mol. The van der Waals surface area contributed by atoms with Gasteiger partial charge in [0.15, 0.2) is 0 Å². The molecule has 0 saturated heterocycles. The van der Waals surface area contributed by atoms with Gasteiger partial charge in [-0.15, -0.1) is 0 Å². The summed E-state index contributed by atoms with van der Waals surface area (Å²) in [6.45, 7) is 0. The van der Waals surface area contributed by atoms with Crippen LogP contribution in [-0.4, -0.2) is 15.2 Å². The summed E-state index contributed by atoms with van der Waals surface area (Å²) in [4.78, 5) is 4.33. The highest BCUT2D eigenvalue weighted by Crippen LogP contribution is 2.29. The first-order valence-corrected chi connectivity index (χ1v) is 6.40. The van der Waals surface area contributed by atoms with E-state index < -0.39 is 0 Å². The van der Waals surface area contributed by atoms with E-state index in [4.69, 9.17) is 5.73 Å². The van der Waals surface area contributed by atoms with E-state index in [2.05, 4.69) is 27.3 Å². The topological polar surface area (TPSA) is 67.6 Å². The molecule has 3 N–H and O–H groups in total. The van der Waals surface area contributed by atoms with E-state index in [9.17, 15) is 0 Å². The number of nitrogen functional groups attached to an aromatic ring is 1. The van der Waals surface area contributed by atoms with Crippen LogP contribution in [0.15, 0.2) is 54.7 Å². The monoisotopic (exact) mass is 260 g/mol. The molecule has 4 rings (SSSR count). The van der Waals surface area contributed by atoms with Crippen LogP contribution in [0.2, 0.25) is 0 Å². The van der Waals surface area contributed by atoms with Crippen LogP contribution in [0.4, 0.5) is 5.69 Å². The highest BCUT2D eigenvalue weighted by Gasteiger charge is 2.09. The van der Waals surface area contributed by atoms with Crippen LogP contribution in [0.3, 0.4) is 0 Å². The van der Waals surface area contributed by atoms with Crippen LogP contribution in [0.25, 0.3) is 33.1 Å². The average Bonchev–Trinajstić information content (AvgIpc) is 2.89. The molecule has 0 unspecified atom stereocenters. The second-order valence-corrected chi connectivity index (χ2v) is 4.79. The predicted octanol–water partition coefficient (Wildman–Crippen LogP) is 3.36. The second kappa shape index (κ2) is 4.06. The van der Waals surface area contributed by atoms with E-state index in [0.29, 0.717) is 0 Å². The number of anilines is 1. The molecule has 0 spiro atoms. The maximum atomic E-state index is 5.87. The maximum absolute atomic E-state index is 5.87. The zero-order valence-corrected chi connectivity index (χ0v) is 10.7. The molecule has 2 aromatic heterocycles. The molecule has 4 aromatic rings. The number of benzene rings is 2. The lowest BCUT2D eigenvalue weighted by Gasteiger charge is -2.01. The highest BCUT2D eigenvalue weighted by molar-refractivity contribution is 5.96. The maximum Gasteiger partial charge on any atom is 0.1000 e. The Morgan fingerprint density at radius 3 is 2.90 bits per heavy atom. The van der Waals surface area contributed by atoms with Gasteiger partial charge in [0.1, 0.15) is 0 Å². The van der Waals surface area contributed by atoms with E-state index in [1.54, 1.807) is 6.20 Å². The molecule has 0 saturated carbocycles. The van der Waals surface area contributed by atoms with Gasteiger partial charge in [-0.25, -0.2) is 0 Å². The fraction of sp³-hybridized carbons (Fsp3) is 0. The van der Waals surface area contributed by atoms with E-state index in [-0.39, 0.29) is 0 Å². The molecule has 0 radical (unpaired) electrons. The van der Waals surface area contributed by atoms with E-state index in [1.165, 1.54) is 0 Å². The highest BCUT2D eigenvalue weighted by atomic mass is 15.1. The molecule has 2 aromatic carbocycles. The zero-order valence-electron chi connectivity index (χ0n) is 10.7. The molecule has 0 amide bonds. The number of aromatic nitrogens is 3. The van der Waals surface area contributed by atoms with Crippen molar-refractivity contribution >= 4 is 27.5 Å². The summed E-state index contributed by atoms with van der Waals surface area (Å²) in [6, 6.07) is 15.9. The molecule has 4 nitrogen and oxygen atoms in total. The lowest BCUT2D eigenvalue weighted by Crippen LogP contribution is -1.84. The number of nitrogens with one attached hydrogen (secondary N) is 1. The van der Waals surface area contributed by atoms with Crippen molar-refractivity contribution in [2.45, 2.75) is 0 Å². The Bertz CT molecular complexity index is 924. The molecular weight excluding hydrogens is 248 g/mol. The molecule has 0 aliphatic rings. The van der Waals surface area contributed by atoms with Crippen molar-refractivity contribution in [3.63, 3.8) is 0 Å². The Morgan fingerprint density at radius 1 is 1.00 bits per heavy atom. The van der Waals surface area contributed by atoms with Crippen LogP contribution in [-0.2, 0) is 0 Å². The molecule has 0 fully saturated rings. The number of fused-ring (bicyclic) bond motifs is 2. The molecule has 4 heteroatoms. The van der Waals surface area contributed by atoms with Gasteiger partial charge in [0.2, 0.25) is 0 Å². The fourth-order valence-electron chi connectivity index (χ4n) is 2.47. The summed E-state index contributed by atoms with van der Waals surface area (Å²) in [7, 11) is 0. The summed E-state index contributed by atoms with van der Waals surface area (Å²) < 4.78 is 0. The minimum Gasteiger partial charge on any atom is -0.399 e. The Morgan fingerprint density at radius 2 is 1.95 bits per heavy atom. The van der Waals surface area contributed by atoms with Crippen LogP contribution in [0.1, 0.15) is 0 Å². The standard InChI is InChI=1S/C16H12N4/c17-12-4-6-15-13(9-12)16(20-19-15)11-3-5-14-10(8-11)2-1-7-18-14/h1-9H,17H2,(H,19,20). The van der Waals surface area contributed by atoms with Gasteiger partial charge in [-0.05, 0) is 36.4 Å². The molecule has 0 aliphatic heterocycles. The normalized spacial score (nSPS) is 11.2. The number of aromatic amines is 1. The number of hydrogen-bond donors (Lipinski definition) is 2. The van der Waals surface area contributed by atoms with Crippen molar-refractivity contribution in [1.82, 2.24) is 15.2 Å². The van der Waals surface area contributed by atoms with Gasteiger partial charge in [-0.2, -0.15) is 5.10 Å². The quantitative estimate of drug-likeness (QED) is 0.516. The smallest absolute Gasteiger partial charge is 0.1000 e. The first-order chi connectivity index (χ1) is 9.81. The minimum absolute atomic E-state index is 0.739. The fourth-order valence-corrected chi connectivity index (χ4v) is 2.47. The van der Waals surface area contributed by atoms with Crippen molar-refractivity contribution < 1.29 is 0 Å². The van der Waals surface area contributed by atoms with Crippen molar-refractivity contribution in [2.24, 2.45) is 0 Å². The number of rotatable bonds is 1. The molecule has 96 valence electrons. The van der Waals surface area contributed by atoms with Gasteiger partial charge in [0, 0.05) is 28.2 Å². The van der Waals surface area contributed by atoms with E-state index >= 15 is 0 Å². The first kappa shape index (κ1) is 11.0. The minimum atomic E-state index is 0.739. The summed E-state index contributed by atoms with van der Waals surface area (Å²) >= 11 is 0. The third-order valence-corrected chi connectivity index (χ3v) is 3.46. The van der Waals surface area contributed by atoms with Crippen molar-refractivity contribution in [3.8, 4) is 11.3 Å². The number of hydrogen-bond acceptors (Lipinski definition) is 3. The van der Waals surface area contributed by atoms with Crippen LogP contribution < -0.4 is 5.73 Å². The third kappa shape index (κ3) is 1.62. The van der Waals surface area contributed by atoms with Crippen LogP contribution in [0.5, 0.6) is 0 Å². The number of pyridine rings is 1. The molecular formula is C16H12N4. The van der Waals surface area contributed by atoms with Gasteiger partial charge in [-0.1, -0.05) is 12.1 Å². The second-order valence-electron chi connectivity index (χ2n) is 4.79. The molecule has 0 aliphatic carbocycles. The Labute approximate surface area is 115 Å². The van der Waals surface area contributed by atoms with Crippen molar-refractivity contribution in [1.29, 1.82) is 0 Å². The molecule has 0 atom stereocenters. The van der Waals surface area contributed by atoms with Gasteiger partial charge in [-0.3, -0.25) is 10.1 Å². The lowest BCUT2D eigenvalue weighted by molar-refractivity contribution is 1.12. The molecule has 2 heterocycles. The Balaban J connectivity index is 1.98. The lowest BCUT2D eigenvalue weighted by atomic mass is 10.0. The molecule has 0 bridgehead atoms. The number of nitrogens with two attached hydrogens (primary N) is 1. The number of H-pyrrole nitrogens is 1. The van der Waals surface area contributed by atoms with E-state index in [0.717, 1.165) is 38.8 Å². The van der Waals surface area contributed by atoms with Crippen LogP contribution >= 0.6 is 0 Å². The van der Waals surface area contributed by atoms with Gasteiger partial charge in [0.05, 0.1) is 16.7 Å². The van der Waals surface area contributed by atoms with Gasteiger partial charge >= 0.3 is 0 Å². The summed E-state index contributed by atoms with van der Waals surface area (Å²) in [6.07, 6.45) is 1.80. The molecule has 20 heavy (non-hydrogen) atoms. The largest absolute Gasteiger partial charge is 0.399 e. The van der Waals surface area contributed by atoms with Gasteiger partial charge in [0.25, 0.3) is 0 Å². The third-order valence-electron chi connectivity index (χ3n) is 3.46. The van der Waals surface area contributed by atoms with Crippen molar-refractivity contribution in [2.75, 3.05) is 5.73 Å². The summed E-state index contributed by atoms with van der Waals surface area (Å²) in [5.74, 6) is 0. The summed E-state index contributed by atoms with van der Waals surface area (Å²) in [5.41, 5.74) is 10.5. The first-order valence-electron chi connectivity index (χ1n) is 6.40. The average molecular weight is 260 g/mol. The zero-order chi connectivity index (χ0) is 13.5. The van der Waals surface area contributed by atoms with Crippen LogP contribution in [0, 0.1) is 0 Å². The SMILES string of the molecule is Nc1ccc2[nH]nc(-c3ccc4ncccc4c3)c2c1. The summed E-state index contributed by atoms with van der Waals surface area (Å²) in [5, 5.41) is 9.59. The Hall–Kier alpha value is -2.88. The van der Waals surface area contributed by atoms with E-state index in [1.807, 2.05) is 36.4 Å². The van der Waals surface area contributed by atoms with Crippen molar-refractivity contribution in [3.05, 3.63) is 54.7 Å². The Kier molecular flexibility index (Phi) is 2.23. The van der Waals surface area contributed by atoms with Gasteiger partial charge < -0.3 is 5.73 Å². The number of nitrogens with zero attached hydrogens (tertiary/aromatic N) is 2.